The number of pyridine rings is 1. The monoisotopic (exact) mass is 295 g/mol. The summed E-state index contributed by atoms with van der Waals surface area (Å²) in [7, 11) is 0. The molecule has 3 rings (SSSR count). The first kappa shape index (κ1) is 11.5. The summed E-state index contributed by atoms with van der Waals surface area (Å²) in [5.41, 5.74) is 7.36. The summed E-state index contributed by atoms with van der Waals surface area (Å²) in [5.74, 6) is 1.12. The molecule has 2 fully saturated rings. The van der Waals surface area contributed by atoms with Crippen molar-refractivity contribution in [3.05, 3.63) is 22.3 Å². The Hall–Kier alpha value is -0.610. The molecule has 0 spiro atoms. The molecule has 2 bridgehead atoms. The van der Waals surface area contributed by atoms with Gasteiger partial charge in [0.15, 0.2) is 0 Å². The van der Waals surface area contributed by atoms with Crippen molar-refractivity contribution in [3.8, 4) is 0 Å². The zero-order valence-corrected chi connectivity index (χ0v) is 11.7. The normalized spacial score (nSPS) is 31.9. The van der Waals surface area contributed by atoms with Crippen molar-refractivity contribution in [2.45, 2.75) is 50.7 Å². The van der Waals surface area contributed by atoms with Gasteiger partial charge in [0.2, 0.25) is 0 Å². The number of hydrogen-bond acceptors (Lipinski definition) is 3. The molecule has 1 aromatic rings. The Labute approximate surface area is 111 Å². The van der Waals surface area contributed by atoms with Crippen LogP contribution in [0.3, 0.4) is 0 Å². The van der Waals surface area contributed by atoms with Crippen molar-refractivity contribution in [1.29, 1.82) is 0 Å². The van der Waals surface area contributed by atoms with Crippen LogP contribution in [-0.2, 0) is 0 Å². The van der Waals surface area contributed by atoms with E-state index < -0.39 is 0 Å². The van der Waals surface area contributed by atoms with Gasteiger partial charge in [0.25, 0.3) is 0 Å². The first-order chi connectivity index (χ1) is 8.16. The van der Waals surface area contributed by atoms with E-state index in [4.69, 9.17) is 5.73 Å². The molecular weight excluding hydrogens is 278 g/mol. The molecule has 2 aliphatic heterocycles. The predicted molar refractivity (Wildman–Crippen MR) is 73.2 cm³/mol. The summed E-state index contributed by atoms with van der Waals surface area (Å²) in [6.45, 7) is 2.12. The van der Waals surface area contributed by atoms with Crippen LogP contribution in [0.25, 0.3) is 0 Å². The quantitative estimate of drug-likeness (QED) is 0.866. The van der Waals surface area contributed by atoms with Gasteiger partial charge >= 0.3 is 0 Å². The van der Waals surface area contributed by atoms with Crippen molar-refractivity contribution < 1.29 is 0 Å². The summed E-state index contributed by atoms with van der Waals surface area (Å²) in [6.07, 6.45) is 6.65. The first-order valence-corrected chi connectivity index (χ1v) is 7.11. The molecule has 92 valence electrons. The van der Waals surface area contributed by atoms with Crippen LogP contribution in [0.5, 0.6) is 0 Å². The summed E-state index contributed by atoms with van der Waals surface area (Å²) in [5, 5.41) is 0. The topological polar surface area (TPSA) is 42.2 Å². The van der Waals surface area contributed by atoms with Crippen LogP contribution in [0, 0.1) is 6.92 Å². The van der Waals surface area contributed by atoms with Crippen molar-refractivity contribution in [2.24, 2.45) is 5.73 Å². The molecule has 1 aromatic heterocycles. The number of rotatable bonds is 1. The molecule has 2 unspecified atom stereocenters. The molecule has 2 atom stereocenters. The van der Waals surface area contributed by atoms with Gasteiger partial charge in [0, 0.05) is 24.3 Å². The number of aromatic nitrogens is 1. The van der Waals surface area contributed by atoms with Gasteiger partial charge in [-0.25, -0.2) is 4.98 Å². The molecule has 17 heavy (non-hydrogen) atoms. The summed E-state index contributed by atoms with van der Waals surface area (Å²) >= 11 is 3.68. The van der Waals surface area contributed by atoms with Gasteiger partial charge < -0.3 is 10.6 Å². The number of piperidine rings is 1. The highest BCUT2D eigenvalue weighted by atomic mass is 79.9. The van der Waals surface area contributed by atoms with Gasteiger partial charge in [0.1, 0.15) is 5.82 Å². The second-order valence-corrected chi connectivity index (χ2v) is 6.08. The van der Waals surface area contributed by atoms with Crippen molar-refractivity contribution in [1.82, 2.24) is 4.98 Å². The van der Waals surface area contributed by atoms with Crippen LogP contribution in [0.2, 0.25) is 0 Å². The molecular formula is C13H18BrN3. The summed E-state index contributed by atoms with van der Waals surface area (Å²) in [4.78, 5) is 7.07. The molecule has 3 heterocycles. The molecule has 0 amide bonds. The first-order valence-electron chi connectivity index (χ1n) is 6.32. The zero-order valence-electron chi connectivity index (χ0n) is 10.1. The maximum atomic E-state index is 6.11. The minimum Gasteiger partial charge on any atom is -0.350 e. The highest BCUT2D eigenvalue weighted by molar-refractivity contribution is 9.10. The number of halogens is 1. The second-order valence-electron chi connectivity index (χ2n) is 5.29. The van der Waals surface area contributed by atoms with E-state index in [9.17, 15) is 0 Å². The molecule has 2 N–H and O–H groups in total. The molecule has 2 aliphatic rings. The SMILES string of the molecule is Cc1ccnc(N2C3CCC2CC(N)C3)c1Br. The Morgan fingerprint density at radius 1 is 1.35 bits per heavy atom. The lowest BCUT2D eigenvalue weighted by molar-refractivity contribution is 0.411. The van der Waals surface area contributed by atoms with E-state index in [1.165, 1.54) is 18.4 Å². The third kappa shape index (κ3) is 1.87. The maximum Gasteiger partial charge on any atom is 0.143 e. The third-order valence-electron chi connectivity index (χ3n) is 4.08. The van der Waals surface area contributed by atoms with Crippen molar-refractivity contribution in [3.63, 3.8) is 0 Å². The third-order valence-corrected chi connectivity index (χ3v) is 5.06. The fraction of sp³-hybridized carbons (Fsp3) is 0.615. The Balaban J connectivity index is 1.97. The van der Waals surface area contributed by atoms with Crippen LogP contribution in [0.15, 0.2) is 16.7 Å². The van der Waals surface area contributed by atoms with Gasteiger partial charge in [-0.05, 0) is 60.2 Å². The largest absolute Gasteiger partial charge is 0.350 e. The maximum absolute atomic E-state index is 6.11. The highest BCUT2D eigenvalue weighted by Crippen LogP contribution is 2.41. The van der Waals surface area contributed by atoms with Crippen LogP contribution in [0.4, 0.5) is 5.82 Å². The number of aryl methyl sites for hydroxylation is 1. The van der Waals surface area contributed by atoms with Crippen LogP contribution in [0.1, 0.15) is 31.2 Å². The van der Waals surface area contributed by atoms with Gasteiger partial charge in [-0.2, -0.15) is 0 Å². The summed E-state index contributed by atoms with van der Waals surface area (Å²) in [6, 6.07) is 3.61. The highest BCUT2D eigenvalue weighted by Gasteiger charge is 2.40. The Morgan fingerprint density at radius 3 is 2.65 bits per heavy atom. The fourth-order valence-electron chi connectivity index (χ4n) is 3.27. The average Bonchev–Trinajstić information content (AvgIpc) is 2.55. The lowest BCUT2D eigenvalue weighted by atomic mass is 9.98. The van der Waals surface area contributed by atoms with E-state index in [1.54, 1.807) is 0 Å². The Kier molecular flexibility index (Phi) is 2.87. The molecule has 3 nitrogen and oxygen atoms in total. The molecule has 4 heteroatoms. The Morgan fingerprint density at radius 2 is 2.00 bits per heavy atom. The number of hydrogen-bond donors (Lipinski definition) is 1. The van der Waals surface area contributed by atoms with Gasteiger partial charge in [-0.1, -0.05) is 0 Å². The number of nitrogens with zero attached hydrogens (tertiary/aromatic N) is 2. The van der Waals surface area contributed by atoms with Crippen LogP contribution in [-0.4, -0.2) is 23.1 Å². The minimum atomic E-state index is 0.382. The van der Waals surface area contributed by atoms with E-state index in [0.717, 1.165) is 23.1 Å². The Bertz CT molecular complexity index is 421. The van der Waals surface area contributed by atoms with E-state index in [0.29, 0.717) is 18.1 Å². The van der Waals surface area contributed by atoms with E-state index >= 15 is 0 Å². The predicted octanol–water partition coefficient (Wildman–Crippen LogP) is 2.61. The van der Waals surface area contributed by atoms with Gasteiger partial charge in [0.05, 0.1) is 4.47 Å². The lowest BCUT2D eigenvalue weighted by Gasteiger charge is -2.39. The molecule has 2 saturated heterocycles. The molecule has 0 aromatic carbocycles. The zero-order chi connectivity index (χ0) is 12.0. The van der Waals surface area contributed by atoms with Crippen molar-refractivity contribution in [2.75, 3.05) is 4.90 Å². The van der Waals surface area contributed by atoms with E-state index in [1.807, 2.05) is 12.3 Å². The minimum absolute atomic E-state index is 0.382. The van der Waals surface area contributed by atoms with E-state index in [-0.39, 0.29) is 0 Å². The van der Waals surface area contributed by atoms with Crippen molar-refractivity contribution >= 4 is 21.7 Å². The van der Waals surface area contributed by atoms with E-state index in [2.05, 4.69) is 32.7 Å². The van der Waals surface area contributed by atoms with Gasteiger partial charge in [-0.15, -0.1) is 0 Å². The fourth-order valence-corrected chi connectivity index (χ4v) is 3.71. The second kappa shape index (κ2) is 4.25. The van der Waals surface area contributed by atoms with Crippen LogP contribution < -0.4 is 10.6 Å². The number of fused-ring (bicyclic) bond motifs is 2. The average molecular weight is 296 g/mol. The molecule has 0 saturated carbocycles. The standard InChI is InChI=1S/C13H18BrN3/c1-8-4-5-16-13(12(8)14)17-10-2-3-11(17)7-9(15)6-10/h4-5,9-11H,2-3,6-7,15H2,1H3. The van der Waals surface area contributed by atoms with Crippen LogP contribution >= 0.6 is 15.9 Å². The lowest BCUT2D eigenvalue weighted by Crippen LogP contribution is -2.48. The van der Waals surface area contributed by atoms with Gasteiger partial charge in [-0.3, -0.25) is 0 Å². The molecule has 0 aliphatic carbocycles. The number of anilines is 1. The summed E-state index contributed by atoms with van der Waals surface area (Å²) < 4.78 is 1.15. The number of nitrogens with two attached hydrogens (primary N) is 1. The molecule has 0 radical (unpaired) electrons. The smallest absolute Gasteiger partial charge is 0.143 e.